The van der Waals surface area contributed by atoms with E-state index in [1.54, 1.807) is 7.11 Å². The van der Waals surface area contributed by atoms with Crippen LogP contribution in [0.15, 0.2) is 30.3 Å². The molecule has 0 aromatic heterocycles. The fraction of sp³-hybridized carbons (Fsp3) is 0.571. The van der Waals surface area contributed by atoms with Gasteiger partial charge in [0, 0.05) is 12.7 Å². The van der Waals surface area contributed by atoms with Gasteiger partial charge < -0.3 is 23.7 Å². The maximum atomic E-state index is 6.00. The van der Waals surface area contributed by atoms with Crippen molar-refractivity contribution in [2.75, 3.05) is 13.7 Å². The molecule has 4 rings (SSSR count). The molecule has 0 radical (unpaired) electrons. The van der Waals surface area contributed by atoms with Gasteiger partial charge in [-0.1, -0.05) is 30.3 Å². The second kappa shape index (κ2) is 4.54. The van der Waals surface area contributed by atoms with Gasteiger partial charge in [0.2, 0.25) is 0 Å². The summed E-state index contributed by atoms with van der Waals surface area (Å²) >= 11 is 0. The Balaban J connectivity index is 1.50. The van der Waals surface area contributed by atoms with Gasteiger partial charge in [-0.05, 0) is 0 Å². The molecule has 0 bridgehead atoms. The fourth-order valence-electron chi connectivity index (χ4n) is 2.80. The molecule has 3 saturated heterocycles. The third kappa shape index (κ3) is 1.98. The molecule has 3 aliphatic heterocycles. The van der Waals surface area contributed by atoms with Crippen LogP contribution in [0.1, 0.15) is 11.9 Å². The first-order valence-corrected chi connectivity index (χ1v) is 6.52. The highest BCUT2D eigenvalue weighted by Crippen LogP contribution is 2.43. The zero-order chi connectivity index (χ0) is 12.8. The average molecular weight is 264 g/mol. The van der Waals surface area contributed by atoms with E-state index in [1.165, 1.54) is 0 Å². The molecule has 1 aromatic carbocycles. The molecule has 0 amide bonds. The van der Waals surface area contributed by atoms with Crippen molar-refractivity contribution in [2.45, 2.75) is 37.0 Å². The Morgan fingerprint density at radius 1 is 1.00 bits per heavy atom. The Kier molecular flexibility index (Phi) is 2.82. The van der Waals surface area contributed by atoms with E-state index >= 15 is 0 Å². The molecule has 3 aliphatic rings. The first kappa shape index (κ1) is 11.8. The van der Waals surface area contributed by atoms with E-state index in [0.717, 1.165) is 5.56 Å². The van der Waals surface area contributed by atoms with Gasteiger partial charge in [0.1, 0.15) is 24.4 Å². The fourth-order valence-corrected chi connectivity index (χ4v) is 2.80. The lowest BCUT2D eigenvalue weighted by molar-refractivity contribution is -0.304. The number of hydrogen-bond donors (Lipinski definition) is 0. The number of fused-ring (bicyclic) bond motifs is 3. The number of hydrogen-bond acceptors (Lipinski definition) is 5. The van der Waals surface area contributed by atoms with Crippen LogP contribution in [0.3, 0.4) is 0 Å². The lowest BCUT2D eigenvalue weighted by Crippen LogP contribution is -2.52. The van der Waals surface area contributed by atoms with Gasteiger partial charge in [-0.3, -0.25) is 0 Å². The molecule has 0 N–H and O–H groups in total. The zero-order valence-electron chi connectivity index (χ0n) is 10.6. The molecule has 19 heavy (non-hydrogen) atoms. The summed E-state index contributed by atoms with van der Waals surface area (Å²) in [4.78, 5) is 0. The summed E-state index contributed by atoms with van der Waals surface area (Å²) in [6.07, 6.45) is -0.759. The Morgan fingerprint density at radius 2 is 1.84 bits per heavy atom. The molecule has 0 spiro atoms. The molecule has 5 nitrogen and oxygen atoms in total. The van der Waals surface area contributed by atoms with E-state index in [4.69, 9.17) is 23.7 Å². The van der Waals surface area contributed by atoms with E-state index < -0.39 is 0 Å². The molecule has 102 valence electrons. The van der Waals surface area contributed by atoms with Crippen LogP contribution in [0.2, 0.25) is 0 Å². The molecular formula is C14H16O5. The number of methoxy groups -OCH3 is 1. The average Bonchev–Trinajstić information content (AvgIpc) is 3.27. The molecule has 0 unspecified atom stereocenters. The Bertz CT molecular complexity index is 450. The van der Waals surface area contributed by atoms with Gasteiger partial charge in [0.15, 0.2) is 12.6 Å². The monoisotopic (exact) mass is 264 g/mol. The zero-order valence-corrected chi connectivity index (χ0v) is 10.6. The lowest BCUT2D eigenvalue weighted by Gasteiger charge is -2.39. The number of rotatable bonds is 2. The van der Waals surface area contributed by atoms with Crippen LogP contribution in [-0.4, -0.2) is 44.4 Å². The molecule has 5 heteroatoms. The van der Waals surface area contributed by atoms with Crippen LogP contribution in [0.4, 0.5) is 0 Å². The first-order chi connectivity index (χ1) is 9.36. The topological polar surface area (TPSA) is 49.5 Å². The van der Waals surface area contributed by atoms with Crippen LogP contribution >= 0.6 is 0 Å². The summed E-state index contributed by atoms with van der Waals surface area (Å²) in [6, 6.07) is 9.92. The minimum atomic E-state index is -0.338. The number of epoxide rings is 1. The van der Waals surface area contributed by atoms with Crippen LogP contribution in [0, 0.1) is 0 Å². The smallest absolute Gasteiger partial charge is 0.186 e. The summed E-state index contributed by atoms with van der Waals surface area (Å²) in [5.41, 5.74) is 1.02. The Morgan fingerprint density at radius 3 is 2.63 bits per heavy atom. The molecule has 6 atom stereocenters. The first-order valence-electron chi connectivity index (χ1n) is 6.52. The standard InChI is InChI=1S/C14H16O5/c1-15-14-12-11(18-12)10-9(17-14)7-16-13(19-10)8-5-3-2-4-6-8/h2-6,9-14H,7H2,1H3/t9-,10-,11-,12+,13+,14+/m1/s1. The SMILES string of the molecule is CO[C@H]1O[C@@H]2CO[C@H](c3ccccc3)O[C@H]2[C@H]2O[C@H]12. The van der Waals surface area contributed by atoms with E-state index in [2.05, 4.69) is 0 Å². The van der Waals surface area contributed by atoms with E-state index in [1.807, 2.05) is 30.3 Å². The van der Waals surface area contributed by atoms with Crippen molar-refractivity contribution in [1.29, 1.82) is 0 Å². The summed E-state index contributed by atoms with van der Waals surface area (Å²) < 4.78 is 28.4. The van der Waals surface area contributed by atoms with Gasteiger partial charge in [0.05, 0.1) is 6.61 Å². The minimum Gasteiger partial charge on any atom is -0.361 e. The van der Waals surface area contributed by atoms with Crippen molar-refractivity contribution < 1.29 is 23.7 Å². The normalized spacial score (nSPS) is 44.3. The highest BCUT2D eigenvalue weighted by atomic mass is 16.8. The van der Waals surface area contributed by atoms with E-state index in [9.17, 15) is 0 Å². The van der Waals surface area contributed by atoms with Crippen LogP contribution in [-0.2, 0) is 23.7 Å². The third-order valence-electron chi connectivity index (χ3n) is 3.83. The molecule has 0 aliphatic carbocycles. The highest BCUT2D eigenvalue weighted by molar-refractivity contribution is 5.17. The predicted octanol–water partition coefficient (Wildman–Crippen LogP) is 1.24. The van der Waals surface area contributed by atoms with Gasteiger partial charge >= 0.3 is 0 Å². The maximum Gasteiger partial charge on any atom is 0.186 e. The van der Waals surface area contributed by atoms with Crippen molar-refractivity contribution in [2.24, 2.45) is 0 Å². The largest absolute Gasteiger partial charge is 0.361 e. The van der Waals surface area contributed by atoms with Gasteiger partial charge in [-0.25, -0.2) is 0 Å². The molecule has 3 heterocycles. The minimum absolute atomic E-state index is 0.000716. The van der Waals surface area contributed by atoms with Gasteiger partial charge in [-0.2, -0.15) is 0 Å². The molecule has 1 aromatic rings. The van der Waals surface area contributed by atoms with Crippen molar-refractivity contribution >= 4 is 0 Å². The van der Waals surface area contributed by atoms with Crippen molar-refractivity contribution in [3.63, 3.8) is 0 Å². The second-order valence-corrected chi connectivity index (χ2v) is 5.02. The van der Waals surface area contributed by atoms with E-state index in [0.29, 0.717) is 6.61 Å². The quantitative estimate of drug-likeness (QED) is 0.752. The summed E-state index contributed by atoms with van der Waals surface area (Å²) in [5.74, 6) is 0. The molecule has 3 fully saturated rings. The summed E-state index contributed by atoms with van der Waals surface area (Å²) in [6.45, 7) is 0.497. The summed E-state index contributed by atoms with van der Waals surface area (Å²) in [5, 5.41) is 0. The lowest BCUT2D eigenvalue weighted by atomic mass is 10.0. The van der Waals surface area contributed by atoms with Crippen LogP contribution in [0.25, 0.3) is 0 Å². The molecular weight excluding hydrogens is 248 g/mol. The van der Waals surface area contributed by atoms with Crippen LogP contribution in [0.5, 0.6) is 0 Å². The third-order valence-corrected chi connectivity index (χ3v) is 3.83. The van der Waals surface area contributed by atoms with Crippen molar-refractivity contribution in [1.82, 2.24) is 0 Å². The Hall–Kier alpha value is -0.980. The Labute approximate surface area is 111 Å². The van der Waals surface area contributed by atoms with Gasteiger partial charge in [0.25, 0.3) is 0 Å². The predicted molar refractivity (Wildman–Crippen MR) is 64.3 cm³/mol. The maximum absolute atomic E-state index is 6.00. The van der Waals surface area contributed by atoms with Crippen LogP contribution < -0.4 is 0 Å². The number of benzene rings is 1. The molecule has 0 saturated carbocycles. The highest BCUT2D eigenvalue weighted by Gasteiger charge is 2.60. The van der Waals surface area contributed by atoms with Crippen molar-refractivity contribution in [3.8, 4) is 0 Å². The summed E-state index contributed by atoms with van der Waals surface area (Å²) in [7, 11) is 1.63. The van der Waals surface area contributed by atoms with Crippen molar-refractivity contribution in [3.05, 3.63) is 35.9 Å². The van der Waals surface area contributed by atoms with E-state index in [-0.39, 0.29) is 37.0 Å². The second-order valence-electron chi connectivity index (χ2n) is 5.02. The van der Waals surface area contributed by atoms with Gasteiger partial charge in [-0.15, -0.1) is 0 Å². The number of ether oxygens (including phenoxy) is 5.